The van der Waals surface area contributed by atoms with E-state index in [4.69, 9.17) is 4.74 Å². The molecule has 1 aliphatic rings. The molecule has 10 heavy (non-hydrogen) atoms. The highest BCUT2D eigenvalue weighted by Gasteiger charge is 2.00. The second-order valence-corrected chi connectivity index (χ2v) is 2.65. The minimum Gasteiger partial charge on any atom is -0.374 e. The molecule has 0 aliphatic heterocycles. The van der Waals surface area contributed by atoms with Gasteiger partial charge in [0.05, 0.1) is 12.7 Å². The van der Waals surface area contributed by atoms with E-state index in [9.17, 15) is 0 Å². The zero-order chi connectivity index (χ0) is 7.40. The second kappa shape index (κ2) is 3.57. The van der Waals surface area contributed by atoms with E-state index in [1.807, 2.05) is 26.0 Å². The largest absolute Gasteiger partial charge is 0.374 e. The minimum absolute atomic E-state index is 0.329. The number of hydrogen-bond acceptors (Lipinski definition) is 1. The smallest absolute Gasteiger partial charge is 0.0689 e. The molecule has 1 aliphatic carbocycles. The van der Waals surface area contributed by atoms with Gasteiger partial charge in [0.1, 0.15) is 0 Å². The Morgan fingerprint density at radius 1 is 1.40 bits per heavy atom. The van der Waals surface area contributed by atoms with Gasteiger partial charge in [-0.2, -0.15) is 0 Å². The molecule has 0 amide bonds. The van der Waals surface area contributed by atoms with Gasteiger partial charge in [-0.15, -0.1) is 0 Å². The maximum Gasteiger partial charge on any atom is 0.0689 e. The molecule has 0 bridgehead atoms. The van der Waals surface area contributed by atoms with E-state index in [2.05, 4.69) is 12.5 Å². The Balaban J connectivity index is 2.15. The first kappa shape index (κ1) is 7.55. The Morgan fingerprint density at radius 3 is 2.70 bits per heavy atom. The van der Waals surface area contributed by atoms with Crippen molar-refractivity contribution in [2.24, 2.45) is 0 Å². The highest BCUT2D eigenvalue weighted by Crippen LogP contribution is 2.09. The van der Waals surface area contributed by atoms with Crippen LogP contribution in [0.2, 0.25) is 0 Å². The van der Waals surface area contributed by atoms with E-state index in [0.29, 0.717) is 6.10 Å². The zero-order valence-electron chi connectivity index (χ0n) is 6.50. The quantitative estimate of drug-likeness (QED) is 0.579. The summed E-state index contributed by atoms with van der Waals surface area (Å²) in [6.07, 6.45) is 8.53. The maximum atomic E-state index is 5.39. The van der Waals surface area contributed by atoms with Crippen LogP contribution in [0.25, 0.3) is 0 Å². The van der Waals surface area contributed by atoms with Gasteiger partial charge in [-0.25, -0.2) is 0 Å². The van der Waals surface area contributed by atoms with Crippen molar-refractivity contribution in [1.82, 2.24) is 0 Å². The molecule has 0 heterocycles. The lowest BCUT2D eigenvalue weighted by Crippen LogP contribution is -2.05. The molecule has 1 rings (SSSR count). The van der Waals surface area contributed by atoms with E-state index in [1.54, 1.807) is 0 Å². The third kappa shape index (κ3) is 2.36. The molecule has 1 heteroatoms. The van der Waals surface area contributed by atoms with Crippen LogP contribution in [-0.2, 0) is 4.74 Å². The van der Waals surface area contributed by atoms with Gasteiger partial charge in [-0.3, -0.25) is 0 Å². The SMILES string of the molecule is CC(C)OCC1=CC=C[CH]1. The number of rotatable bonds is 3. The van der Waals surface area contributed by atoms with Crippen molar-refractivity contribution >= 4 is 0 Å². The minimum atomic E-state index is 0.329. The Kier molecular flexibility index (Phi) is 2.69. The molecule has 0 saturated heterocycles. The molecule has 0 aromatic rings. The maximum absolute atomic E-state index is 5.39. The predicted molar refractivity (Wildman–Crippen MR) is 42.6 cm³/mol. The van der Waals surface area contributed by atoms with Gasteiger partial charge >= 0.3 is 0 Å². The van der Waals surface area contributed by atoms with E-state index in [0.717, 1.165) is 6.61 Å². The van der Waals surface area contributed by atoms with Crippen molar-refractivity contribution in [2.45, 2.75) is 20.0 Å². The summed E-state index contributed by atoms with van der Waals surface area (Å²) in [5.74, 6) is 0. The van der Waals surface area contributed by atoms with E-state index < -0.39 is 0 Å². The summed E-state index contributed by atoms with van der Waals surface area (Å²) >= 11 is 0. The lowest BCUT2D eigenvalue weighted by molar-refractivity contribution is 0.0984. The molecule has 0 unspecified atom stereocenters. The molecular formula is C9H13O. The summed E-state index contributed by atoms with van der Waals surface area (Å²) in [6, 6.07) is 0. The fourth-order valence-corrected chi connectivity index (χ4v) is 0.773. The van der Waals surface area contributed by atoms with Gasteiger partial charge in [-0.05, 0) is 19.4 Å². The fourth-order valence-electron chi connectivity index (χ4n) is 0.773. The van der Waals surface area contributed by atoms with Crippen LogP contribution in [0.3, 0.4) is 0 Å². The molecule has 0 atom stereocenters. The highest BCUT2D eigenvalue weighted by atomic mass is 16.5. The molecule has 1 nitrogen and oxygen atoms in total. The molecule has 0 aromatic carbocycles. The lowest BCUT2D eigenvalue weighted by atomic mass is 10.2. The van der Waals surface area contributed by atoms with Crippen molar-refractivity contribution in [3.05, 3.63) is 30.2 Å². The summed E-state index contributed by atoms with van der Waals surface area (Å²) < 4.78 is 5.39. The van der Waals surface area contributed by atoms with E-state index in [1.165, 1.54) is 5.57 Å². The van der Waals surface area contributed by atoms with Crippen molar-refractivity contribution < 1.29 is 4.74 Å². The van der Waals surface area contributed by atoms with E-state index in [-0.39, 0.29) is 0 Å². The summed E-state index contributed by atoms with van der Waals surface area (Å²) in [5.41, 5.74) is 1.26. The molecule has 55 valence electrons. The average molecular weight is 137 g/mol. The van der Waals surface area contributed by atoms with Crippen LogP contribution in [0.5, 0.6) is 0 Å². The van der Waals surface area contributed by atoms with Crippen molar-refractivity contribution in [2.75, 3.05) is 6.61 Å². The van der Waals surface area contributed by atoms with Crippen molar-refractivity contribution in [3.63, 3.8) is 0 Å². The van der Waals surface area contributed by atoms with Gasteiger partial charge in [-0.1, -0.05) is 18.2 Å². The van der Waals surface area contributed by atoms with Gasteiger partial charge in [0, 0.05) is 6.42 Å². The number of ether oxygens (including phenoxy) is 1. The van der Waals surface area contributed by atoms with Crippen LogP contribution < -0.4 is 0 Å². The van der Waals surface area contributed by atoms with E-state index >= 15 is 0 Å². The Morgan fingerprint density at radius 2 is 2.20 bits per heavy atom. The van der Waals surface area contributed by atoms with Gasteiger partial charge < -0.3 is 4.74 Å². The van der Waals surface area contributed by atoms with Gasteiger partial charge in [0.2, 0.25) is 0 Å². The number of hydrogen-bond donors (Lipinski definition) is 0. The normalized spacial score (nSPS) is 16.5. The molecule has 1 radical (unpaired) electrons. The fraction of sp³-hybridized carbons (Fsp3) is 0.444. The van der Waals surface area contributed by atoms with Crippen molar-refractivity contribution in [1.29, 1.82) is 0 Å². The topological polar surface area (TPSA) is 9.23 Å². The molecule has 0 aromatic heterocycles. The van der Waals surface area contributed by atoms with Gasteiger partial charge in [0.15, 0.2) is 0 Å². The zero-order valence-corrected chi connectivity index (χ0v) is 6.50. The van der Waals surface area contributed by atoms with Crippen LogP contribution in [0.15, 0.2) is 23.8 Å². The molecule has 0 spiro atoms. The summed E-state index contributed by atoms with van der Waals surface area (Å²) in [4.78, 5) is 0. The Bertz CT molecular complexity index is 154. The summed E-state index contributed by atoms with van der Waals surface area (Å²) in [7, 11) is 0. The lowest BCUT2D eigenvalue weighted by Gasteiger charge is -2.06. The first-order valence-electron chi connectivity index (χ1n) is 3.61. The van der Waals surface area contributed by atoms with Crippen molar-refractivity contribution in [3.8, 4) is 0 Å². The Hall–Kier alpha value is -0.560. The standard InChI is InChI=1S/C9H13O/c1-8(2)10-7-9-5-3-4-6-9/h3-6,8H,7H2,1-2H3. The summed E-state index contributed by atoms with van der Waals surface area (Å²) in [5, 5.41) is 0. The first-order valence-corrected chi connectivity index (χ1v) is 3.61. The Labute approximate surface area is 62.4 Å². The number of allylic oxidation sites excluding steroid dienone is 3. The van der Waals surface area contributed by atoms with Crippen LogP contribution in [0.1, 0.15) is 13.8 Å². The third-order valence-corrected chi connectivity index (χ3v) is 1.32. The van der Waals surface area contributed by atoms with Crippen LogP contribution in [-0.4, -0.2) is 12.7 Å². The van der Waals surface area contributed by atoms with Crippen LogP contribution >= 0.6 is 0 Å². The molecular weight excluding hydrogens is 124 g/mol. The van der Waals surface area contributed by atoms with Gasteiger partial charge in [0.25, 0.3) is 0 Å². The first-order chi connectivity index (χ1) is 4.79. The summed E-state index contributed by atoms with van der Waals surface area (Å²) in [6.45, 7) is 4.83. The highest BCUT2D eigenvalue weighted by molar-refractivity contribution is 5.33. The van der Waals surface area contributed by atoms with Crippen LogP contribution in [0.4, 0.5) is 0 Å². The predicted octanol–water partition coefficient (Wildman–Crippen LogP) is 2.11. The molecule has 0 saturated carbocycles. The third-order valence-electron chi connectivity index (χ3n) is 1.32. The van der Waals surface area contributed by atoms with Crippen LogP contribution in [0, 0.1) is 6.42 Å². The molecule has 0 fully saturated rings. The average Bonchev–Trinajstić information content (AvgIpc) is 2.34. The second-order valence-electron chi connectivity index (χ2n) is 2.65. The molecule has 0 N–H and O–H groups in total. The monoisotopic (exact) mass is 137 g/mol.